The van der Waals surface area contributed by atoms with Gasteiger partial charge >= 0.3 is 5.97 Å². The smallest absolute Gasteiger partial charge is 0.310 e. The summed E-state index contributed by atoms with van der Waals surface area (Å²) in [4.78, 5) is 23.5. The molecular formula is C15H21NO5. The number of hydrogen-bond donors (Lipinski definition) is 2. The zero-order valence-corrected chi connectivity index (χ0v) is 12.3. The molecule has 2 rings (SSSR count). The summed E-state index contributed by atoms with van der Waals surface area (Å²) in [5, 5.41) is 12.1. The number of nitrogens with one attached hydrogen (secondary N) is 1. The first-order chi connectivity index (χ1) is 9.97. The Labute approximate surface area is 123 Å². The number of carboxylic acid groups (broad SMARTS) is 1. The highest BCUT2D eigenvalue weighted by atomic mass is 16.5. The van der Waals surface area contributed by atoms with Crippen molar-refractivity contribution in [2.75, 3.05) is 13.7 Å². The fourth-order valence-corrected chi connectivity index (χ4v) is 2.62. The van der Waals surface area contributed by atoms with E-state index in [0.717, 1.165) is 12.2 Å². The van der Waals surface area contributed by atoms with Crippen molar-refractivity contribution in [3.05, 3.63) is 23.7 Å². The van der Waals surface area contributed by atoms with Gasteiger partial charge in [-0.25, -0.2) is 0 Å². The van der Waals surface area contributed by atoms with E-state index in [4.69, 9.17) is 9.15 Å². The predicted octanol–water partition coefficient (Wildman–Crippen LogP) is 2.04. The van der Waals surface area contributed by atoms with Gasteiger partial charge in [0.1, 0.15) is 17.6 Å². The van der Waals surface area contributed by atoms with Gasteiger partial charge in [-0.3, -0.25) is 9.59 Å². The number of hydrogen-bond acceptors (Lipinski definition) is 4. The third kappa shape index (κ3) is 3.44. The van der Waals surface area contributed by atoms with Gasteiger partial charge in [0.25, 0.3) is 0 Å². The van der Waals surface area contributed by atoms with Gasteiger partial charge in [-0.05, 0) is 31.9 Å². The van der Waals surface area contributed by atoms with E-state index in [1.54, 1.807) is 13.2 Å². The van der Waals surface area contributed by atoms with E-state index in [-0.39, 0.29) is 18.9 Å². The summed E-state index contributed by atoms with van der Waals surface area (Å²) in [5.74, 6) is 0.191. The number of carbonyl (C=O) groups is 2. The molecule has 1 aliphatic rings. The molecule has 21 heavy (non-hydrogen) atoms. The van der Waals surface area contributed by atoms with Crippen LogP contribution < -0.4 is 5.32 Å². The van der Waals surface area contributed by atoms with Crippen LogP contribution in [0.15, 0.2) is 16.5 Å². The Hall–Kier alpha value is -1.82. The lowest BCUT2D eigenvalue weighted by Gasteiger charge is -2.37. The highest BCUT2D eigenvalue weighted by Gasteiger charge is 2.46. The van der Waals surface area contributed by atoms with Crippen molar-refractivity contribution in [2.24, 2.45) is 5.41 Å². The Morgan fingerprint density at radius 2 is 2.19 bits per heavy atom. The van der Waals surface area contributed by atoms with Crippen molar-refractivity contribution in [1.29, 1.82) is 0 Å². The third-order valence-corrected chi connectivity index (χ3v) is 4.04. The molecule has 1 saturated carbocycles. The number of carbonyl (C=O) groups excluding carboxylic acids is 1. The van der Waals surface area contributed by atoms with Crippen LogP contribution in [0.1, 0.15) is 43.2 Å². The lowest BCUT2D eigenvalue weighted by atomic mass is 9.66. The molecule has 0 aliphatic heterocycles. The first kappa shape index (κ1) is 15.6. The minimum atomic E-state index is -0.888. The van der Waals surface area contributed by atoms with Crippen molar-refractivity contribution in [3.63, 3.8) is 0 Å². The van der Waals surface area contributed by atoms with Gasteiger partial charge in [0, 0.05) is 13.5 Å². The van der Waals surface area contributed by atoms with E-state index in [9.17, 15) is 14.7 Å². The van der Waals surface area contributed by atoms with E-state index in [1.807, 2.05) is 13.0 Å². The first-order valence-electron chi connectivity index (χ1n) is 7.05. The molecule has 1 atom stereocenters. The van der Waals surface area contributed by atoms with E-state index < -0.39 is 17.4 Å². The van der Waals surface area contributed by atoms with Gasteiger partial charge in [0.15, 0.2) is 0 Å². The summed E-state index contributed by atoms with van der Waals surface area (Å²) >= 11 is 0. The van der Waals surface area contributed by atoms with Crippen LogP contribution in [0.25, 0.3) is 0 Å². The molecule has 0 aromatic carbocycles. The van der Waals surface area contributed by atoms with E-state index in [0.29, 0.717) is 18.6 Å². The molecule has 1 aliphatic carbocycles. The van der Waals surface area contributed by atoms with Gasteiger partial charge in [-0.1, -0.05) is 6.42 Å². The molecule has 1 aromatic rings. The van der Waals surface area contributed by atoms with Gasteiger partial charge in [-0.15, -0.1) is 0 Å². The van der Waals surface area contributed by atoms with Crippen LogP contribution in [0.4, 0.5) is 0 Å². The Kier molecular flexibility index (Phi) is 4.67. The summed E-state index contributed by atoms with van der Waals surface area (Å²) in [6.45, 7) is 2.10. The molecule has 1 aromatic heterocycles. The number of rotatable bonds is 7. The average molecular weight is 295 g/mol. The van der Waals surface area contributed by atoms with Crippen LogP contribution in [0.3, 0.4) is 0 Å². The number of amides is 1. The SMILES string of the molecule is COCC(NC(=O)CC1(C(=O)O)CCC1)c1ccc(C)o1. The molecule has 1 heterocycles. The van der Waals surface area contributed by atoms with Crippen molar-refractivity contribution in [3.8, 4) is 0 Å². The lowest BCUT2D eigenvalue weighted by molar-refractivity contribution is -0.157. The largest absolute Gasteiger partial charge is 0.481 e. The van der Waals surface area contributed by atoms with Crippen LogP contribution in [-0.2, 0) is 14.3 Å². The van der Waals surface area contributed by atoms with Crippen LogP contribution in [0, 0.1) is 12.3 Å². The number of carboxylic acids is 1. The number of methoxy groups -OCH3 is 1. The van der Waals surface area contributed by atoms with Crippen LogP contribution in [-0.4, -0.2) is 30.7 Å². The van der Waals surface area contributed by atoms with Crippen molar-refractivity contribution in [2.45, 2.75) is 38.6 Å². The van der Waals surface area contributed by atoms with Crippen LogP contribution >= 0.6 is 0 Å². The van der Waals surface area contributed by atoms with Crippen LogP contribution in [0.5, 0.6) is 0 Å². The molecule has 0 radical (unpaired) electrons. The maximum Gasteiger partial charge on any atom is 0.310 e. The Morgan fingerprint density at radius 3 is 2.62 bits per heavy atom. The summed E-state index contributed by atoms with van der Waals surface area (Å²) in [7, 11) is 1.54. The van der Waals surface area contributed by atoms with Crippen molar-refractivity contribution in [1.82, 2.24) is 5.32 Å². The number of aliphatic carboxylic acids is 1. The van der Waals surface area contributed by atoms with E-state index in [2.05, 4.69) is 5.32 Å². The molecule has 1 fully saturated rings. The molecule has 1 unspecified atom stereocenters. The fraction of sp³-hybridized carbons (Fsp3) is 0.600. The summed E-state index contributed by atoms with van der Waals surface area (Å²) in [6.07, 6.45) is 1.98. The quantitative estimate of drug-likeness (QED) is 0.803. The average Bonchev–Trinajstić information content (AvgIpc) is 2.79. The second-order valence-electron chi connectivity index (χ2n) is 5.64. The monoisotopic (exact) mass is 295 g/mol. The first-order valence-corrected chi connectivity index (χ1v) is 7.05. The minimum absolute atomic E-state index is 0.00222. The zero-order valence-electron chi connectivity index (χ0n) is 12.3. The molecule has 6 nitrogen and oxygen atoms in total. The normalized spacial score (nSPS) is 17.8. The lowest BCUT2D eigenvalue weighted by Crippen LogP contribution is -2.43. The third-order valence-electron chi connectivity index (χ3n) is 4.04. The number of ether oxygens (including phenoxy) is 1. The molecule has 6 heteroatoms. The predicted molar refractivity (Wildman–Crippen MR) is 74.7 cm³/mol. The minimum Gasteiger partial charge on any atom is -0.481 e. The topological polar surface area (TPSA) is 88.8 Å². The van der Waals surface area contributed by atoms with E-state index >= 15 is 0 Å². The van der Waals surface area contributed by atoms with Crippen molar-refractivity contribution < 1.29 is 23.8 Å². The van der Waals surface area contributed by atoms with Gasteiger partial charge in [-0.2, -0.15) is 0 Å². The maximum absolute atomic E-state index is 12.1. The zero-order chi connectivity index (χ0) is 15.5. The Balaban J connectivity index is 2.00. The molecule has 116 valence electrons. The van der Waals surface area contributed by atoms with Gasteiger partial charge in [0.2, 0.25) is 5.91 Å². The van der Waals surface area contributed by atoms with Gasteiger partial charge in [0.05, 0.1) is 12.0 Å². The van der Waals surface area contributed by atoms with Crippen LogP contribution in [0.2, 0.25) is 0 Å². The Morgan fingerprint density at radius 1 is 1.48 bits per heavy atom. The molecule has 0 spiro atoms. The summed E-state index contributed by atoms with van der Waals surface area (Å²) < 4.78 is 10.6. The number of aryl methyl sites for hydroxylation is 1. The fourth-order valence-electron chi connectivity index (χ4n) is 2.62. The standard InChI is InChI=1S/C15H21NO5/c1-10-4-5-12(21-10)11(9-20-2)16-13(17)8-15(14(18)19)6-3-7-15/h4-5,11H,3,6-9H2,1-2H3,(H,16,17)(H,18,19). The molecular weight excluding hydrogens is 274 g/mol. The second kappa shape index (κ2) is 6.30. The summed E-state index contributed by atoms with van der Waals surface area (Å²) in [6, 6.07) is 3.20. The molecule has 2 N–H and O–H groups in total. The molecule has 0 bridgehead atoms. The summed E-state index contributed by atoms with van der Waals surface area (Å²) in [5.41, 5.74) is -0.888. The Bertz CT molecular complexity index is 518. The highest BCUT2D eigenvalue weighted by Crippen LogP contribution is 2.44. The number of furan rings is 1. The second-order valence-corrected chi connectivity index (χ2v) is 5.64. The molecule has 0 saturated heterocycles. The highest BCUT2D eigenvalue weighted by molar-refractivity contribution is 5.85. The van der Waals surface area contributed by atoms with Gasteiger partial charge < -0.3 is 19.6 Å². The van der Waals surface area contributed by atoms with E-state index in [1.165, 1.54) is 0 Å². The van der Waals surface area contributed by atoms with Crippen molar-refractivity contribution >= 4 is 11.9 Å². The maximum atomic E-state index is 12.1. The molecule has 1 amide bonds.